The van der Waals surface area contributed by atoms with Crippen molar-refractivity contribution >= 4 is 51.9 Å². The van der Waals surface area contributed by atoms with Crippen LogP contribution in [0, 0.1) is 10.5 Å². The molecule has 0 saturated heterocycles. The molecule has 0 aliphatic heterocycles. The summed E-state index contributed by atoms with van der Waals surface area (Å²) in [4.78, 5) is 28.8. The maximum absolute atomic E-state index is 13.0. The summed E-state index contributed by atoms with van der Waals surface area (Å²) in [5, 5.41) is 14.1. The van der Waals surface area contributed by atoms with Crippen molar-refractivity contribution in [2.75, 3.05) is 0 Å². The second-order valence-corrected chi connectivity index (χ2v) is 10.2. The third-order valence-corrected chi connectivity index (χ3v) is 6.56. The van der Waals surface area contributed by atoms with Crippen molar-refractivity contribution in [1.29, 1.82) is 0 Å². The molecule has 0 atom stereocenters. The molecular formula is C22H19F3IN3O4S. The van der Waals surface area contributed by atoms with Gasteiger partial charge in [-0.25, -0.2) is 14.6 Å². The Morgan fingerprint density at radius 3 is 2.32 bits per heavy atom. The summed E-state index contributed by atoms with van der Waals surface area (Å²) in [5.41, 5.74) is -0.509. The number of carbonyl (C=O) groups is 2. The number of rotatable bonds is 5. The highest BCUT2D eigenvalue weighted by Gasteiger charge is 2.30. The lowest BCUT2D eigenvalue weighted by Gasteiger charge is -2.17. The molecule has 0 radical (unpaired) electrons. The highest BCUT2D eigenvalue weighted by atomic mass is 127. The van der Waals surface area contributed by atoms with Gasteiger partial charge < -0.3 is 9.84 Å². The SMILES string of the molecule is Cc1nn(-c2nc(-c3ccc(C(F)(F)F)cc3)c(C=CC(=O)OC(C)(C)C)s2)c(C(=O)O)c1I. The third kappa shape index (κ3) is 5.84. The van der Waals surface area contributed by atoms with Gasteiger partial charge >= 0.3 is 18.1 Å². The van der Waals surface area contributed by atoms with E-state index in [9.17, 15) is 27.9 Å². The normalized spacial score (nSPS) is 12.4. The predicted octanol–water partition coefficient (Wildman–Crippen LogP) is 5.98. The molecule has 0 bridgehead atoms. The second kappa shape index (κ2) is 9.49. The Kier molecular flexibility index (Phi) is 7.22. The number of halogens is 4. The zero-order valence-corrected chi connectivity index (χ0v) is 21.4. The van der Waals surface area contributed by atoms with E-state index in [-0.39, 0.29) is 16.5 Å². The van der Waals surface area contributed by atoms with Crippen LogP contribution in [0.2, 0.25) is 0 Å². The summed E-state index contributed by atoms with van der Waals surface area (Å²) in [5.74, 6) is -1.82. The first-order chi connectivity index (χ1) is 15.7. The van der Waals surface area contributed by atoms with Gasteiger partial charge in [-0.1, -0.05) is 23.5 Å². The number of carbonyl (C=O) groups excluding carboxylic acids is 1. The summed E-state index contributed by atoms with van der Waals surface area (Å²) in [7, 11) is 0. The number of aromatic nitrogens is 3. The summed E-state index contributed by atoms with van der Waals surface area (Å²) in [6.45, 7) is 6.79. The Morgan fingerprint density at radius 1 is 1.18 bits per heavy atom. The minimum atomic E-state index is -4.50. The number of aromatic carboxylic acids is 1. The molecule has 2 heterocycles. The van der Waals surface area contributed by atoms with E-state index in [1.54, 1.807) is 27.7 Å². The summed E-state index contributed by atoms with van der Waals surface area (Å²) >= 11 is 2.91. The minimum absolute atomic E-state index is 0.0894. The molecule has 0 unspecified atom stereocenters. The number of nitrogens with zero attached hydrogens (tertiary/aromatic N) is 3. The van der Waals surface area contributed by atoms with Crippen molar-refractivity contribution in [3.05, 3.63) is 55.7 Å². The van der Waals surface area contributed by atoms with E-state index < -0.39 is 29.3 Å². The van der Waals surface area contributed by atoms with Crippen molar-refractivity contribution in [3.8, 4) is 16.4 Å². The first-order valence-corrected chi connectivity index (χ1v) is 11.6. The first-order valence-electron chi connectivity index (χ1n) is 9.75. The Balaban J connectivity index is 2.12. The van der Waals surface area contributed by atoms with Crippen LogP contribution in [-0.2, 0) is 15.7 Å². The fourth-order valence-corrected chi connectivity index (χ4v) is 4.37. The average molecular weight is 605 g/mol. The molecule has 0 amide bonds. The minimum Gasteiger partial charge on any atom is -0.476 e. The van der Waals surface area contributed by atoms with E-state index in [4.69, 9.17) is 4.74 Å². The summed E-state index contributed by atoms with van der Waals surface area (Å²) < 4.78 is 45.8. The number of aryl methyl sites for hydroxylation is 1. The lowest BCUT2D eigenvalue weighted by atomic mass is 10.1. The van der Waals surface area contributed by atoms with Gasteiger partial charge in [0.2, 0.25) is 5.13 Å². The molecule has 2 aromatic heterocycles. The van der Waals surface area contributed by atoms with Crippen molar-refractivity contribution in [3.63, 3.8) is 0 Å². The predicted molar refractivity (Wildman–Crippen MR) is 129 cm³/mol. The van der Waals surface area contributed by atoms with Gasteiger partial charge in [0.05, 0.1) is 25.4 Å². The van der Waals surface area contributed by atoms with E-state index in [0.717, 1.165) is 23.5 Å². The molecule has 12 heteroatoms. The number of esters is 1. The smallest absolute Gasteiger partial charge is 0.416 e. The molecule has 1 aromatic carbocycles. The molecule has 1 N–H and O–H groups in total. The van der Waals surface area contributed by atoms with Crippen molar-refractivity contribution in [2.45, 2.75) is 39.5 Å². The molecule has 0 aliphatic rings. The highest BCUT2D eigenvalue weighted by molar-refractivity contribution is 14.1. The summed E-state index contributed by atoms with van der Waals surface area (Å²) in [6, 6.07) is 4.39. The maximum atomic E-state index is 13.0. The van der Waals surface area contributed by atoms with Crippen LogP contribution in [0.15, 0.2) is 30.3 Å². The average Bonchev–Trinajstić information content (AvgIpc) is 3.26. The van der Waals surface area contributed by atoms with Crippen LogP contribution in [-0.4, -0.2) is 37.4 Å². The molecular weight excluding hydrogens is 586 g/mol. The number of carboxylic acids is 1. The molecule has 7 nitrogen and oxygen atoms in total. The van der Waals surface area contributed by atoms with Crippen LogP contribution in [0.25, 0.3) is 22.5 Å². The molecule has 34 heavy (non-hydrogen) atoms. The molecule has 3 rings (SSSR count). The van der Waals surface area contributed by atoms with Gasteiger partial charge in [-0.05, 0) is 68.5 Å². The zero-order chi connectivity index (χ0) is 25.4. The van der Waals surface area contributed by atoms with E-state index in [1.165, 1.54) is 29.0 Å². The molecule has 180 valence electrons. The van der Waals surface area contributed by atoms with E-state index in [1.807, 2.05) is 22.6 Å². The van der Waals surface area contributed by atoms with Crippen molar-refractivity contribution < 1.29 is 32.6 Å². The van der Waals surface area contributed by atoms with Gasteiger partial charge in [0.15, 0.2) is 5.69 Å². The van der Waals surface area contributed by atoms with Gasteiger partial charge in [0, 0.05) is 11.6 Å². The van der Waals surface area contributed by atoms with Gasteiger partial charge in [-0.2, -0.15) is 23.0 Å². The molecule has 0 spiro atoms. The fraction of sp³-hybridized carbons (Fsp3) is 0.273. The topological polar surface area (TPSA) is 94.3 Å². The van der Waals surface area contributed by atoms with Gasteiger partial charge in [-0.3, -0.25) is 0 Å². The molecule has 0 aliphatic carbocycles. The first kappa shape index (κ1) is 25.9. The Bertz CT molecular complexity index is 1270. The van der Waals surface area contributed by atoms with Gasteiger partial charge in [0.25, 0.3) is 0 Å². The van der Waals surface area contributed by atoms with E-state index in [0.29, 0.717) is 19.7 Å². The monoisotopic (exact) mass is 605 g/mol. The molecule has 3 aromatic rings. The summed E-state index contributed by atoms with van der Waals surface area (Å²) in [6.07, 6.45) is -1.87. The van der Waals surface area contributed by atoms with E-state index in [2.05, 4.69) is 10.1 Å². The van der Waals surface area contributed by atoms with Crippen molar-refractivity contribution in [2.24, 2.45) is 0 Å². The molecule has 0 fully saturated rings. The second-order valence-electron chi connectivity index (χ2n) is 8.12. The largest absolute Gasteiger partial charge is 0.476 e. The quantitative estimate of drug-likeness (QED) is 0.219. The maximum Gasteiger partial charge on any atom is 0.416 e. The Labute approximate surface area is 210 Å². The van der Waals surface area contributed by atoms with Crippen LogP contribution in [0.1, 0.15) is 47.4 Å². The van der Waals surface area contributed by atoms with Gasteiger partial charge in [0.1, 0.15) is 5.60 Å². The van der Waals surface area contributed by atoms with Crippen molar-refractivity contribution in [1.82, 2.24) is 14.8 Å². The number of carboxylic acid groups (broad SMARTS) is 1. The number of hydrogen-bond donors (Lipinski definition) is 1. The van der Waals surface area contributed by atoms with Gasteiger partial charge in [-0.15, -0.1) is 0 Å². The van der Waals surface area contributed by atoms with Crippen LogP contribution < -0.4 is 0 Å². The zero-order valence-electron chi connectivity index (χ0n) is 18.4. The van der Waals surface area contributed by atoms with Crippen LogP contribution in [0.5, 0.6) is 0 Å². The lowest BCUT2D eigenvalue weighted by molar-refractivity contribution is -0.148. The number of benzene rings is 1. The van der Waals surface area contributed by atoms with E-state index >= 15 is 0 Å². The number of alkyl halides is 3. The standard InChI is InChI=1S/C22H19F3IN3O4S/c1-11-16(26)18(19(31)32)29(28-11)20-27-17(12-5-7-13(8-6-12)22(23,24)25)14(34-20)9-10-15(30)33-21(2,3)4/h5-10H,1-4H3,(H,31,32). The lowest BCUT2D eigenvalue weighted by Crippen LogP contribution is -2.22. The van der Waals surface area contributed by atoms with Crippen LogP contribution >= 0.6 is 33.9 Å². The Hall–Kier alpha value is -2.74. The molecule has 0 saturated carbocycles. The number of ether oxygens (including phenoxy) is 1. The third-order valence-electron chi connectivity index (χ3n) is 4.28. The fourth-order valence-electron chi connectivity index (χ4n) is 2.86. The highest BCUT2D eigenvalue weighted by Crippen LogP contribution is 2.35. The Morgan fingerprint density at radius 2 is 1.79 bits per heavy atom. The number of thiazole rings is 1. The number of hydrogen-bond acceptors (Lipinski definition) is 6. The van der Waals surface area contributed by atoms with Crippen LogP contribution in [0.3, 0.4) is 0 Å². The van der Waals surface area contributed by atoms with Crippen LogP contribution in [0.4, 0.5) is 13.2 Å².